The third kappa shape index (κ3) is 4.47. The Labute approximate surface area is 173 Å². The normalized spacial score (nSPS) is 16.4. The summed E-state index contributed by atoms with van der Waals surface area (Å²) in [5.41, 5.74) is 0.0751. The number of nitrogens with one attached hydrogen (secondary N) is 1. The van der Waals surface area contributed by atoms with Gasteiger partial charge in [-0.05, 0) is 55.7 Å². The predicted molar refractivity (Wildman–Crippen MR) is 107 cm³/mol. The number of ether oxygens (including phenoxy) is 1. The van der Waals surface area contributed by atoms with E-state index in [1.165, 1.54) is 19.1 Å². The number of rotatable bonds is 5. The highest BCUT2D eigenvalue weighted by molar-refractivity contribution is 6.35. The van der Waals surface area contributed by atoms with Crippen LogP contribution in [0.25, 0.3) is 0 Å². The van der Waals surface area contributed by atoms with E-state index in [-0.39, 0.29) is 0 Å². The van der Waals surface area contributed by atoms with E-state index in [4.69, 9.17) is 27.9 Å². The van der Waals surface area contributed by atoms with Crippen LogP contribution in [0.2, 0.25) is 10.0 Å². The van der Waals surface area contributed by atoms with E-state index in [1.54, 1.807) is 30.3 Å². The van der Waals surface area contributed by atoms with Gasteiger partial charge in [-0.1, -0.05) is 48.2 Å². The number of carbonyl (C=O) groups is 2. The van der Waals surface area contributed by atoms with Crippen LogP contribution in [0.15, 0.2) is 42.5 Å². The Hall–Kier alpha value is -2.11. The summed E-state index contributed by atoms with van der Waals surface area (Å²) in [5.74, 6) is -1.42. The topological polar surface area (TPSA) is 55.4 Å². The van der Waals surface area contributed by atoms with Gasteiger partial charge in [-0.15, -0.1) is 0 Å². The lowest BCUT2D eigenvalue weighted by Gasteiger charge is -2.28. The lowest BCUT2D eigenvalue weighted by molar-refractivity contribution is -0.159. The second kappa shape index (κ2) is 8.50. The first-order valence-electron chi connectivity index (χ1n) is 9.04. The quantitative estimate of drug-likeness (QED) is 0.644. The number of benzene rings is 2. The van der Waals surface area contributed by atoms with Crippen LogP contribution < -0.4 is 5.32 Å². The molecule has 2 aromatic rings. The van der Waals surface area contributed by atoms with Crippen LogP contribution in [0.3, 0.4) is 0 Å². The van der Waals surface area contributed by atoms with E-state index >= 15 is 0 Å². The minimum Gasteiger partial charge on any atom is -0.452 e. The van der Waals surface area contributed by atoms with E-state index in [2.05, 4.69) is 5.32 Å². The molecule has 1 N–H and O–H groups in total. The Morgan fingerprint density at radius 1 is 1.11 bits per heavy atom. The fourth-order valence-electron chi connectivity index (χ4n) is 3.57. The smallest absolute Gasteiger partial charge is 0.317 e. The van der Waals surface area contributed by atoms with Crippen LogP contribution in [0.4, 0.5) is 10.1 Å². The molecule has 0 unspecified atom stereocenters. The summed E-state index contributed by atoms with van der Waals surface area (Å²) in [5, 5.41) is 3.39. The number of amides is 1. The summed E-state index contributed by atoms with van der Waals surface area (Å²) in [6.07, 6.45) is 1.78. The first kappa shape index (κ1) is 20.6. The molecular formula is C21H20Cl2FNO3. The molecule has 1 atom stereocenters. The molecule has 0 spiro atoms. The second-order valence-corrected chi connectivity index (χ2v) is 7.87. The Morgan fingerprint density at radius 2 is 1.75 bits per heavy atom. The molecule has 0 saturated heterocycles. The number of hydrogen-bond acceptors (Lipinski definition) is 3. The SMILES string of the molecule is C[C@@H](OC(=O)C1(c2cccc(F)c2)CCCC1)C(=O)Nc1cc(Cl)cc(Cl)c1. The van der Waals surface area contributed by atoms with Gasteiger partial charge in [0.25, 0.3) is 5.91 Å². The molecule has 28 heavy (non-hydrogen) atoms. The lowest BCUT2D eigenvalue weighted by atomic mass is 9.79. The molecule has 0 heterocycles. The van der Waals surface area contributed by atoms with Crippen molar-refractivity contribution in [3.63, 3.8) is 0 Å². The molecular weight excluding hydrogens is 404 g/mol. The highest BCUT2D eigenvalue weighted by Crippen LogP contribution is 2.42. The zero-order valence-corrected chi connectivity index (χ0v) is 16.8. The van der Waals surface area contributed by atoms with E-state index < -0.39 is 29.2 Å². The summed E-state index contributed by atoms with van der Waals surface area (Å²) in [6.45, 7) is 1.49. The molecule has 3 rings (SSSR count). The molecule has 4 nitrogen and oxygen atoms in total. The maximum Gasteiger partial charge on any atom is 0.317 e. The third-order valence-corrected chi connectivity index (χ3v) is 5.44. The van der Waals surface area contributed by atoms with Gasteiger partial charge >= 0.3 is 5.97 Å². The summed E-state index contributed by atoms with van der Waals surface area (Å²) >= 11 is 11.9. The molecule has 0 radical (unpaired) electrons. The molecule has 0 bridgehead atoms. The standard InChI is InChI=1S/C21H20Cl2FNO3/c1-13(19(26)25-18-11-15(22)10-16(23)12-18)28-20(27)21(7-2-3-8-21)14-5-4-6-17(24)9-14/h4-6,9-13H,2-3,7-8H2,1H3,(H,25,26)/t13-/m1/s1. The Balaban J connectivity index is 1.73. The van der Waals surface area contributed by atoms with Crippen LogP contribution in [-0.2, 0) is 19.7 Å². The zero-order chi connectivity index (χ0) is 20.3. The molecule has 1 saturated carbocycles. The van der Waals surface area contributed by atoms with Crippen LogP contribution in [0.1, 0.15) is 38.2 Å². The molecule has 1 aliphatic rings. The fraction of sp³-hybridized carbons (Fsp3) is 0.333. The number of esters is 1. The van der Waals surface area contributed by atoms with Crippen molar-refractivity contribution >= 4 is 40.8 Å². The summed E-state index contributed by atoms with van der Waals surface area (Å²) in [4.78, 5) is 25.4. The minimum atomic E-state index is -1.03. The van der Waals surface area contributed by atoms with Crippen molar-refractivity contribution in [1.82, 2.24) is 0 Å². The van der Waals surface area contributed by atoms with Gasteiger partial charge in [0.05, 0.1) is 5.41 Å². The van der Waals surface area contributed by atoms with Gasteiger partial charge in [0, 0.05) is 15.7 Å². The van der Waals surface area contributed by atoms with Gasteiger partial charge in [0.15, 0.2) is 6.10 Å². The van der Waals surface area contributed by atoms with Gasteiger partial charge in [-0.3, -0.25) is 9.59 Å². The van der Waals surface area contributed by atoms with Crippen molar-refractivity contribution in [1.29, 1.82) is 0 Å². The highest BCUT2D eigenvalue weighted by atomic mass is 35.5. The van der Waals surface area contributed by atoms with Crippen molar-refractivity contribution < 1.29 is 18.7 Å². The number of halogens is 3. The fourth-order valence-corrected chi connectivity index (χ4v) is 4.10. The van der Waals surface area contributed by atoms with E-state index in [9.17, 15) is 14.0 Å². The van der Waals surface area contributed by atoms with Crippen LogP contribution in [0.5, 0.6) is 0 Å². The van der Waals surface area contributed by atoms with Crippen LogP contribution in [-0.4, -0.2) is 18.0 Å². The van der Waals surface area contributed by atoms with Crippen molar-refractivity contribution in [3.05, 3.63) is 63.9 Å². The van der Waals surface area contributed by atoms with Crippen LogP contribution in [0, 0.1) is 5.82 Å². The number of carbonyl (C=O) groups excluding carboxylic acids is 2. The molecule has 0 aliphatic heterocycles. The van der Waals surface area contributed by atoms with Crippen molar-refractivity contribution in [2.24, 2.45) is 0 Å². The average molecular weight is 424 g/mol. The Kier molecular flexibility index (Phi) is 6.26. The Bertz CT molecular complexity index is 877. The monoisotopic (exact) mass is 423 g/mol. The zero-order valence-electron chi connectivity index (χ0n) is 15.3. The largest absolute Gasteiger partial charge is 0.452 e. The van der Waals surface area contributed by atoms with Gasteiger partial charge in [-0.25, -0.2) is 4.39 Å². The highest BCUT2D eigenvalue weighted by Gasteiger charge is 2.45. The Morgan fingerprint density at radius 3 is 2.36 bits per heavy atom. The average Bonchev–Trinajstić information content (AvgIpc) is 3.12. The maximum absolute atomic E-state index is 13.7. The molecule has 148 valence electrons. The van der Waals surface area contributed by atoms with E-state index in [0.29, 0.717) is 34.1 Å². The minimum absolute atomic E-state index is 0.378. The number of anilines is 1. The van der Waals surface area contributed by atoms with Gasteiger partial charge in [0.1, 0.15) is 5.82 Å². The second-order valence-electron chi connectivity index (χ2n) is 6.99. The van der Waals surface area contributed by atoms with Crippen molar-refractivity contribution in [2.75, 3.05) is 5.32 Å². The van der Waals surface area contributed by atoms with E-state index in [0.717, 1.165) is 12.8 Å². The molecule has 7 heteroatoms. The number of hydrogen-bond donors (Lipinski definition) is 1. The van der Waals surface area contributed by atoms with Crippen molar-refractivity contribution in [2.45, 2.75) is 44.1 Å². The summed E-state index contributed by atoms with van der Waals surface area (Å²) in [6, 6.07) is 10.7. The van der Waals surface area contributed by atoms with Crippen LogP contribution >= 0.6 is 23.2 Å². The van der Waals surface area contributed by atoms with Gasteiger partial charge in [-0.2, -0.15) is 0 Å². The maximum atomic E-state index is 13.7. The first-order valence-corrected chi connectivity index (χ1v) is 9.80. The predicted octanol–water partition coefficient (Wildman–Crippen LogP) is 5.51. The molecule has 2 aromatic carbocycles. The molecule has 1 fully saturated rings. The van der Waals surface area contributed by atoms with Gasteiger partial charge in [0.2, 0.25) is 0 Å². The van der Waals surface area contributed by atoms with E-state index in [1.807, 2.05) is 0 Å². The van der Waals surface area contributed by atoms with Gasteiger partial charge < -0.3 is 10.1 Å². The summed E-state index contributed by atoms with van der Waals surface area (Å²) < 4.78 is 19.2. The molecule has 1 amide bonds. The lowest BCUT2D eigenvalue weighted by Crippen LogP contribution is -2.40. The third-order valence-electron chi connectivity index (χ3n) is 5.01. The molecule has 1 aliphatic carbocycles. The van der Waals surface area contributed by atoms with Crippen molar-refractivity contribution in [3.8, 4) is 0 Å². The molecule has 0 aromatic heterocycles. The first-order chi connectivity index (χ1) is 13.3. The summed E-state index contributed by atoms with van der Waals surface area (Å²) in [7, 11) is 0.